The third kappa shape index (κ3) is 6.19. The third-order valence-corrected chi connectivity index (χ3v) is 4.38. The summed E-state index contributed by atoms with van der Waals surface area (Å²) in [5.41, 5.74) is -1.61. The minimum atomic E-state index is -4.89. The molecule has 0 spiro atoms. The highest BCUT2D eigenvalue weighted by molar-refractivity contribution is 5.73. The fourth-order valence-electron chi connectivity index (χ4n) is 2.92. The topological polar surface area (TPSA) is 18.5 Å². The second-order valence-electron chi connectivity index (χ2n) is 6.74. The summed E-state index contributed by atoms with van der Waals surface area (Å²) in [6.07, 6.45) is -1.88. The van der Waals surface area contributed by atoms with Crippen molar-refractivity contribution in [3.8, 4) is 17.2 Å². The molecule has 0 aliphatic rings. The normalized spacial score (nSPS) is 12.3. The first kappa shape index (κ1) is 24.0. The van der Waals surface area contributed by atoms with Crippen LogP contribution < -0.4 is 9.47 Å². The third-order valence-electron chi connectivity index (χ3n) is 4.38. The van der Waals surface area contributed by atoms with E-state index in [2.05, 4.69) is 0 Å². The lowest BCUT2D eigenvalue weighted by molar-refractivity contribution is -0.0689. The molecule has 0 unspecified atom stereocenters. The molecule has 0 N–H and O–H groups in total. The van der Waals surface area contributed by atoms with Crippen LogP contribution in [0.3, 0.4) is 0 Å². The number of alkyl halides is 3. The van der Waals surface area contributed by atoms with E-state index in [4.69, 9.17) is 9.47 Å². The Bertz CT molecular complexity index is 1140. The van der Waals surface area contributed by atoms with Crippen molar-refractivity contribution in [3.05, 3.63) is 101 Å². The maximum absolute atomic E-state index is 14.1. The summed E-state index contributed by atoms with van der Waals surface area (Å²) < 4.78 is 93.1. The van der Waals surface area contributed by atoms with Gasteiger partial charge in [0.25, 0.3) is 0 Å². The number of allylic oxidation sites excluding steroid dienone is 3. The maximum Gasteiger partial charge on any atom is 0.416 e. The molecule has 8 heteroatoms. The molecule has 2 nitrogen and oxygen atoms in total. The van der Waals surface area contributed by atoms with E-state index in [1.54, 1.807) is 30.3 Å². The monoisotopic (exact) mass is 464 g/mol. The van der Waals surface area contributed by atoms with Gasteiger partial charge in [0.15, 0.2) is 29.0 Å². The van der Waals surface area contributed by atoms with Gasteiger partial charge in [-0.25, -0.2) is 13.2 Å². The van der Waals surface area contributed by atoms with E-state index in [0.29, 0.717) is 29.5 Å². The van der Waals surface area contributed by atoms with Gasteiger partial charge in [0, 0.05) is 0 Å². The van der Waals surface area contributed by atoms with Gasteiger partial charge in [-0.05, 0) is 60.5 Å². The van der Waals surface area contributed by atoms with Crippen molar-refractivity contribution in [2.75, 3.05) is 6.61 Å². The number of para-hydroxylation sites is 1. The van der Waals surface area contributed by atoms with Crippen LogP contribution in [0.5, 0.6) is 17.2 Å². The van der Waals surface area contributed by atoms with Crippen molar-refractivity contribution in [3.63, 3.8) is 0 Å². The molecular weight excluding hydrogens is 446 g/mol. The highest BCUT2D eigenvalue weighted by atomic mass is 19.4. The minimum Gasteiger partial charge on any atom is -0.488 e. The van der Waals surface area contributed by atoms with Crippen LogP contribution in [0.1, 0.15) is 18.1 Å². The number of ether oxygens (including phenoxy) is 2. The van der Waals surface area contributed by atoms with Gasteiger partial charge in [-0.2, -0.15) is 13.2 Å². The predicted molar refractivity (Wildman–Crippen MR) is 114 cm³/mol. The number of rotatable bonds is 7. The Hall–Kier alpha value is -3.68. The largest absolute Gasteiger partial charge is 0.488 e. The summed E-state index contributed by atoms with van der Waals surface area (Å²) in [4.78, 5) is 0. The molecular formula is C25H18F6O2. The van der Waals surface area contributed by atoms with Crippen LogP contribution in [0, 0.1) is 17.5 Å². The van der Waals surface area contributed by atoms with E-state index in [0.717, 1.165) is 12.1 Å². The fourth-order valence-corrected chi connectivity index (χ4v) is 2.92. The second kappa shape index (κ2) is 10.3. The maximum atomic E-state index is 14.1. The van der Waals surface area contributed by atoms with Gasteiger partial charge in [0.1, 0.15) is 5.75 Å². The fraction of sp³-hybridized carbons (Fsp3) is 0.120. The summed E-state index contributed by atoms with van der Waals surface area (Å²) in [6.45, 7) is 1.44. The van der Waals surface area contributed by atoms with Crippen molar-refractivity contribution in [2.45, 2.75) is 13.1 Å². The highest BCUT2D eigenvalue weighted by Crippen LogP contribution is 2.36. The van der Waals surface area contributed by atoms with Crippen LogP contribution in [0.4, 0.5) is 26.3 Å². The Morgan fingerprint density at radius 2 is 1.55 bits per heavy atom. The average molecular weight is 464 g/mol. The van der Waals surface area contributed by atoms with Crippen molar-refractivity contribution < 1.29 is 35.8 Å². The standard InChI is InChI=1S/C25H18F6O2/c1-2-32-24-21(27)14-17(15-22(24)28)19(25(29,30)31)10-6-7-16-11-12-20(26)23(13-16)33-18-8-4-3-5-9-18/h3-15H,2H2,1H3/b7-6-,19-10+. The Kier molecular flexibility index (Phi) is 7.48. The second-order valence-corrected chi connectivity index (χ2v) is 6.74. The average Bonchev–Trinajstić information content (AvgIpc) is 2.75. The Morgan fingerprint density at radius 1 is 0.879 bits per heavy atom. The summed E-state index contributed by atoms with van der Waals surface area (Å²) in [5.74, 6) is -3.60. The molecule has 0 saturated carbocycles. The van der Waals surface area contributed by atoms with E-state index >= 15 is 0 Å². The van der Waals surface area contributed by atoms with Gasteiger partial charge in [0.05, 0.1) is 12.2 Å². The van der Waals surface area contributed by atoms with Crippen LogP contribution in [0.2, 0.25) is 0 Å². The molecule has 172 valence electrons. The molecule has 0 saturated heterocycles. The summed E-state index contributed by atoms with van der Waals surface area (Å²) in [6, 6.07) is 13.3. The Labute approximate surface area is 186 Å². The molecule has 0 atom stereocenters. The molecule has 0 aliphatic heterocycles. The first-order valence-electron chi connectivity index (χ1n) is 9.79. The first-order chi connectivity index (χ1) is 15.7. The highest BCUT2D eigenvalue weighted by Gasteiger charge is 2.35. The van der Waals surface area contributed by atoms with Gasteiger partial charge in [-0.1, -0.05) is 36.4 Å². The molecule has 0 aromatic heterocycles. The molecule has 0 bridgehead atoms. The molecule has 3 aromatic rings. The summed E-state index contributed by atoms with van der Waals surface area (Å²) in [7, 11) is 0. The molecule has 33 heavy (non-hydrogen) atoms. The van der Waals surface area contributed by atoms with Crippen molar-refractivity contribution >= 4 is 11.6 Å². The summed E-state index contributed by atoms with van der Waals surface area (Å²) in [5, 5.41) is 0. The van der Waals surface area contributed by atoms with Crippen LogP contribution in [-0.2, 0) is 0 Å². The van der Waals surface area contributed by atoms with Crippen LogP contribution in [0.15, 0.2) is 72.8 Å². The smallest absolute Gasteiger partial charge is 0.416 e. The quantitative estimate of drug-likeness (QED) is 0.261. The molecule has 3 aromatic carbocycles. The molecule has 0 heterocycles. The zero-order chi connectivity index (χ0) is 24.0. The number of hydrogen-bond donors (Lipinski definition) is 0. The molecule has 0 aliphatic carbocycles. The van der Waals surface area contributed by atoms with E-state index < -0.39 is 40.5 Å². The molecule has 3 rings (SSSR count). The van der Waals surface area contributed by atoms with E-state index in [1.807, 2.05) is 0 Å². The number of halogens is 6. The van der Waals surface area contributed by atoms with Crippen LogP contribution in [-0.4, -0.2) is 12.8 Å². The summed E-state index contributed by atoms with van der Waals surface area (Å²) >= 11 is 0. The minimum absolute atomic E-state index is 0.0501. The number of hydrogen-bond acceptors (Lipinski definition) is 2. The first-order valence-corrected chi connectivity index (χ1v) is 9.79. The number of benzene rings is 3. The van der Waals surface area contributed by atoms with E-state index in [9.17, 15) is 26.3 Å². The lowest BCUT2D eigenvalue weighted by atomic mass is 10.0. The lowest BCUT2D eigenvalue weighted by Gasteiger charge is -2.14. The van der Waals surface area contributed by atoms with Gasteiger partial charge in [0.2, 0.25) is 0 Å². The molecule has 0 amide bonds. The predicted octanol–water partition coefficient (Wildman–Crippen LogP) is 7.95. The van der Waals surface area contributed by atoms with Crippen LogP contribution >= 0.6 is 0 Å². The Morgan fingerprint density at radius 3 is 2.15 bits per heavy atom. The molecule has 0 fully saturated rings. The van der Waals surface area contributed by atoms with Gasteiger partial charge >= 0.3 is 6.18 Å². The SMILES string of the molecule is CCOc1c(F)cc(/C(=C\C=C/c2ccc(F)c(Oc3ccccc3)c2)C(F)(F)F)cc1F. The lowest BCUT2D eigenvalue weighted by Crippen LogP contribution is -2.11. The van der Waals surface area contributed by atoms with Gasteiger partial charge in [-0.15, -0.1) is 0 Å². The van der Waals surface area contributed by atoms with Crippen molar-refractivity contribution in [1.82, 2.24) is 0 Å². The Balaban J connectivity index is 1.90. The van der Waals surface area contributed by atoms with E-state index in [1.165, 1.54) is 25.1 Å². The zero-order valence-electron chi connectivity index (χ0n) is 17.3. The van der Waals surface area contributed by atoms with Crippen molar-refractivity contribution in [1.29, 1.82) is 0 Å². The molecule has 0 radical (unpaired) electrons. The van der Waals surface area contributed by atoms with Gasteiger partial charge < -0.3 is 9.47 Å². The van der Waals surface area contributed by atoms with Crippen LogP contribution in [0.25, 0.3) is 11.6 Å². The van der Waals surface area contributed by atoms with Gasteiger partial charge in [-0.3, -0.25) is 0 Å². The van der Waals surface area contributed by atoms with Crippen molar-refractivity contribution in [2.24, 2.45) is 0 Å². The zero-order valence-corrected chi connectivity index (χ0v) is 17.3. The van der Waals surface area contributed by atoms with E-state index in [-0.39, 0.29) is 12.4 Å².